The molecule has 0 bridgehead atoms. The molecule has 5 nitrogen and oxygen atoms in total. The lowest BCUT2D eigenvalue weighted by molar-refractivity contribution is -0.150. The van der Waals surface area contributed by atoms with Crippen LogP contribution in [0.1, 0.15) is 5.56 Å². The Kier molecular flexibility index (Phi) is 5.77. The zero-order chi connectivity index (χ0) is 13.4. The van der Waals surface area contributed by atoms with Crippen molar-refractivity contribution in [2.45, 2.75) is 5.54 Å². The maximum Gasteiger partial charge on any atom is 0.332 e. The summed E-state index contributed by atoms with van der Waals surface area (Å²) in [6.45, 7) is 0.873. The molecule has 1 unspecified atom stereocenters. The lowest BCUT2D eigenvalue weighted by Gasteiger charge is -2.26. The molecule has 0 heterocycles. The molecule has 1 atom stereocenters. The van der Waals surface area contributed by atoms with Crippen LogP contribution in [0.15, 0.2) is 30.3 Å². The molecule has 0 aliphatic carbocycles. The van der Waals surface area contributed by atoms with Gasteiger partial charge in [0.1, 0.15) is 0 Å². The number of hydrogen-bond acceptors (Lipinski definition) is 5. The van der Waals surface area contributed by atoms with Gasteiger partial charge in [-0.25, -0.2) is 4.79 Å². The van der Waals surface area contributed by atoms with Gasteiger partial charge in [-0.1, -0.05) is 30.3 Å². The normalized spacial score (nSPS) is 13.9. The standard InChI is InChI=1S/C13H19NO4/c1-16-8-9-18-10-13(14,12(15)17-2)11-6-4-3-5-7-11/h3-7H,8-10,14H2,1-2H3. The quantitative estimate of drug-likeness (QED) is 0.571. The van der Waals surface area contributed by atoms with Gasteiger partial charge in [-0.3, -0.25) is 0 Å². The highest BCUT2D eigenvalue weighted by molar-refractivity contribution is 5.82. The molecule has 0 saturated carbocycles. The molecule has 0 saturated heterocycles. The number of nitrogens with two attached hydrogens (primary N) is 1. The SMILES string of the molecule is COCCOCC(N)(C(=O)OC)c1ccccc1. The van der Waals surface area contributed by atoms with Crippen molar-refractivity contribution in [2.75, 3.05) is 34.0 Å². The molecular formula is C13H19NO4. The highest BCUT2D eigenvalue weighted by Gasteiger charge is 2.37. The van der Waals surface area contributed by atoms with E-state index < -0.39 is 11.5 Å². The summed E-state index contributed by atoms with van der Waals surface area (Å²) in [5.74, 6) is -0.522. The molecule has 2 N–H and O–H groups in total. The first-order valence-corrected chi connectivity index (χ1v) is 5.64. The van der Waals surface area contributed by atoms with E-state index in [1.165, 1.54) is 7.11 Å². The Bertz CT molecular complexity index is 369. The van der Waals surface area contributed by atoms with Crippen molar-refractivity contribution >= 4 is 5.97 Å². The van der Waals surface area contributed by atoms with Gasteiger partial charge >= 0.3 is 5.97 Å². The van der Waals surface area contributed by atoms with Gasteiger partial charge in [0.25, 0.3) is 0 Å². The summed E-state index contributed by atoms with van der Waals surface area (Å²) in [6, 6.07) is 9.03. The van der Waals surface area contributed by atoms with Gasteiger partial charge in [0.15, 0.2) is 5.54 Å². The highest BCUT2D eigenvalue weighted by Crippen LogP contribution is 2.20. The second-order valence-corrected chi connectivity index (χ2v) is 3.87. The number of benzene rings is 1. The molecule has 0 aliphatic heterocycles. The fourth-order valence-electron chi connectivity index (χ4n) is 1.55. The number of ether oxygens (including phenoxy) is 3. The Morgan fingerprint density at radius 3 is 2.44 bits per heavy atom. The maximum absolute atomic E-state index is 11.8. The average Bonchev–Trinajstić information content (AvgIpc) is 2.43. The van der Waals surface area contributed by atoms with Crippen LogP contribution in [0, 0.1) is 0 Å². The third kappa shape index (κ3) is 3.53. The van der Waals surface area contributed by atoms with Crippen molar-refractivity contribution in [3.63, 3.8) is 0 Å². The largest absolute Gasteiger partial charge is 0.467 e. The van der Waals surface area contributed by atoms with Gasteiger partial charge in [-0.15, -0.1) is 0 Å². The van der Waals surface area contributed by atoms with Gasteiger partial charge in [-0.05, 0) is 5.56 Å². The van der Waals surface area contributed by atoms with Crippen LogP contribution in [0.25, 0.3) is 0 Å². The van der Waals surface area contributed by atoms with E-state index >= 15 is 0 Å². The minimum Gasteiger partial charge on any atom is -0.467 e. The zero-order valence-corrected chi connectivity index (χ0v) is 10.7. The van der Waals surface area contributed by atoms with E-state index in [4.69, 9.17) is 19.9 Å². The minimum atomic E-state index is -1.29. The Balaban J connectivity index is 2.79. The van der Waals surface area contributed by atoms with E-state index in [9.17, 15) is 4.79 Å². The lowest BCUT2D eigenvalue weighted by atomic mass is 9.92. The summed E-state index contributed by atoms with van der Waals surface area (Å²) in [4.78, 5) is 11.8. The molecule has 0 amide bonds. The van der Waals surface area contributed by atoms with Gasteiger partial charge < -0.3 is 19.9 Å². The molecule has 0 aromatic heterocycles. The molecule has 1 aromatic rings. The second-order valence-electron chi connectivity index (χ2n) is 3.87. The maximum atomic E-state index is 11.8. The number of esters is 1. The Morgan fingerprint density at radius 1 is 1.22 bits per heavy atom. The third-order valence-electron chi connectivity index (χ3n) is 2.60. The van der Waals surface area contributed by atoms with Crippen molar-refractivity contribution in [2.24, 2.45) is 5.73 Å². The molecule has 1 rings (SSSR count). The Labute approximate surface area is 107 Å². The first-order chi connectivity index (χ1) is 8.65. The van der Waals surface area contributed by atoms with Crippen molar-refractivity contribution in [3.05, 3.63) is 35.9 Å². The second kappa shape index (κ2) is 7.10. The van der Waals surface area contributed by atoms with E-state index in [0.717, 1.165) is 0 Å². The van der Waals surface area contributed by atoms with Crippen LogP contribution in [0.4, 0.5) is 0 Å². The summed E-state index contributed by atoms with van der Waals surface area (Å²) >= 11 is 0. The number of rotatable bonds is 7. The van der Waals surface area contributed by atoms with E-state index in [1.807, 2.05) is 18.2 Å². The molecule has 0 fully saturated rings. The molecule has 0 spiro atoms. The van der Waals surface area contributed by atoms with Crippen LogP contribution in [0.2, 0.25) is 0 Å². The fraction of sp³-hybridized carbons (Fsp3) is 0.462. The van der Waals surface area contributed by atoms with E-state index in [1.54, 1.807) is 19.2 Å². The molecular weight excluding hydrogens is 234 g/mol. The summed E-state index contributed by atoms with van der Waals surface area (Å²) in [6.07, 6.45) is 0. The van der Waals surface area contributed by atoms with E-state index in [0.29, 0.717) is 18.8 Å². The van der Waals surface area contributed by atoms with Crippen molar-refractivity contribution in [1.29, 1.82) is 0 Å². The predicted molar refractivity (Wildman–Crippen MR) is 67.0 cm³/mol. The van der Waals surface area contributed by atoms with Crippen LogP contribution in [0.3, 0.4) is 0 Å². The fourth-order valence-corrected chi connectivity index (χ4v) is 1.55. The molecule has 5 heteroatoms. The highest BCUT2D eigenvalue weighted by atomic mass is 16.5. The molecule has 18 heavy (non-hydrogen) atoms. The number of hydrogen-bond donors (Lipinski definition) is 1. The van der Waals surface area contributed by atoms with E-state index in [-0.39, 0.29) is 6.61 Å². The van der Waals surface area contributed by atoms with E-state index in [2.05, 4.69) is 0 Å². The van der Waals surface area contributed by atoms with Gasteiger partial charge in [0.2, 0.25) is 0 Å². The van der Waals surface area contributed by atoms with Gasteiger partial charge in [0.05, 0.1) is 26.9 Å². The van der Waals surface area contributed by atoms with Crippen LogP contribution >= 0.6 is 0 Å². The topological polar surface area (TPSA) is 70.8 Å². The van der Waals surface area contributed by atoms with Crippen molar-refractivity contribution in [1.82, 2.24) is 0 Å². The average molecular weight is 253 g/mol. The van der Waals surface area contributed by atoms with Crippen LogP contribution < -0.4 is 5.73 Å². The first kappa shape index (κ1) is 14.6. The predicted octanol–water partition coefficient (Wildman–Crippen LogP) is 0.677. The Morgan fingerprint density at radius 2 is 1.89 bits per heavy atom. The summed E-state index contributed by atoms with van der Waals surface area (Å²) in [5, 5.41) is 0. The Hall–Kier alpha value is -1.43. The zero-order valence-electron chi connectivity index (χ0n) is 10.7. The monoisotopic (exact) mass is 253 g/mol. The molecule has 100 valence electrons. The summed E-state index contributed by atoms with van der Waals surface area (Å²) < 4.78 is 15.0. The van der Waals surface area contributed by atoms with Crippen LogP contribution in [-0.4, -0.2) is 40.0 Å². The number of methoxy groups -OCH3 is 2. The first-order valence-electron chi connectivity index (χ1n) is 5.64. The van der Waals surface area contributed by atoms with Crippen molar-refractivity contribution < 1.29 is 19.0 Å². The summed E-state index contributed by atoms with van der Waals surface area (Å²) in [7, 11) is 2.89. The van der Waals surface area contributed by atoms with Gasteiger partial charge in [-0.2, -0.15) is 0 Å². The van der Waals surface area contributed by atoms with Crippen LogP contribution in [0.5, 0.6) is 0 Å². The molecule has 0 radical (unpaired) electrons. The summed E-state index contributed by atoms with van der Waals surface area (Å²) in [5.41, 5.74) is 5.49. The number of carbonyl (C=O) groups is 1. The smallest absolute Gasteiger partial charge is 0.332 e. The minimum absolute atomic E-state index is 0.0487. The number of carbonyl (C=O) groups excluding carboxylic acids is 1. The molecule has 0 aliphatic rings. The third-order valence-corrected chi connectivity index (χ3v) is 2.60. The van der Waals surface area contributed by atoms with Crippen LogP contribution in [-0.2, 0) is 24.5 Å². The molecule has 1 aromatic carbocycles. The van der Waals surface area contributed by atoms with Crippen molar-refractivity contribution in [3.8, 4) is 0 Å². The lowest BCUT2D eigenvalue weighted by Crippen LogP contribution is -2.49. The van der Waals surface area contributed by atoms with Gasteiger partial charge in [0, 0.05) is 7.11 Å².